The number of hydrogen-bond acceptors (Lipinski definition) is 2. The summed E-state index contributed by atoms with van der Waals surface area (Å²) in [6.07, 6.45) is 9.73. The summed E-state index contributed by atoms with van der Waals surface area (Å²) < 4.78 is 0. The number of carbonyl (C=O) groups excluding carboxylic acids is 1. The Bertz CT molecular complexity index is 411. The van der Waals surface area contributed by atoms with E-state index < -0.39 is 0 Å². The summed E-state index contributed by atoms with van der Waals surface area (Å²) in [6, 6.07) is 1.92. The molecule has 1 unspecified atom stereocenters. The maximum absolute atomic E-state index is 12.2. The molecule has 0 radical (unpaired) electrons. The molecule has 1 fully saturated rings. The summed E-state index contributed by atoms with van der Waals surface area (Å²) >= 11 is 0. The number of aryl methyl sites for hydroxylation is 1. The van der Waals surface area contributed by atoms with Gasteiger partial charge in [0, 0.05) is 12.1 Å². The van der Waals surface area contributed by atoms with Gasteiger partial charge in [-0.2, -0.15) is 0 Å². The fourth-order valence-corrected chi connectivity index (χ4v) is 2.69. The maximum Gasteiger partial charge on any atom is 0.227 e. The van der Waals surface area contributed by atoms with Crippen LogP contribution in [0.25, 0.3) is 0 Å². The predicted octanol–water partition coefficient (Wildman–Crippen LogP) is 3.54. The molecule has 1 aromatic rings. The molecule has 1 N–H and O–H groups in total. The monoisotopic (exact) mass is 246 g/mol. The molecule has 0 saturated heterocycles. The number of rotatable bonds is 3. The van der Waals surface area contributed by atoms with E-state index >= 15 is 0 Å². The summed E-state index contributed by atoms with van der Waals surface area (Å²) in [7, 11) is 0. The lowest BCUT2D eigenvalue weighted by atomic mass is 9.80. The van der Waals surface area contributed by atoms with Crippen molar-refractivity contribution in [2.75, 3.05) is 5.32 Å². The molecule has 1 saturated carbocycles. The quantitative estimate of drug-likeness (QED) is 0.886. The third-order valence-corrected chi connectivity index (χ3v) is 4.07. The van der Waals surface area contributed by atoms with Crippen LogP contribution >= 0.6 is 0 Å². The van der Waals surface area contributed by atoms with Crippen molar-refractivity contribution in [1.29, 1.82) is 0 Å². The van der Waals surface area contributed by atoms with E-state index in [-0.39, 0.29) is 11.8 Å². The van der Waals surface area contributed by atoms with Crippen LogP contribution in [0.4, 0.5) is 5.69 Å². The van der Waals surface area contributed by atoms with E-state index in [9.17, 15) is 4.79 Å². The Labute approximate surface area is 109 Å². The number of amides is 1. The molecule has 0 spiro atoms. The van der Waals surface area contributed by atoms with Crippen LogP contribution in [0.5, 0.6) is 0 Å². The second-order valence-electron chi connectivity index (χ2n) is 5.37. The number of anilines is 1. The topological polar surface area (TPSA) is 42.0 Å². The van der Waals surface area contributed by atoms with Gasteiger partial charge in [0.1, 0.15) is 0 Å². The Morgan fingerprint density at radius 2 is 2.11 bits per heavy atom. The van der Waals surface area contributed by atoms with Crippen molar-refractivity contribution in [1.82, 2.24) is 4.98 Å². The molecule has 18 heavy (non-hydrogen) atoms. The molecule has 3 heteroatoms. The molecule has 2 rings (SSSR count). The van der Waals surface area contributed by atoms with Gasteiger partial charge in [-0.25, -0.2) is 0 Å². The van der Waals surface area contributed by atoms with E-state index in [0.717, 1.165) is 11.3 Å². The molecule has 1 aliphatic carbocycles. The third-order valence-electron chi connectivity index (χ3n) is 4.07. The zero-order valence-corrected chi connectivity index (χ0v) is 11.3. The summed E-state index contributed by atoms with van der Waals surface area (Å²) in [5, 5.41) is 3.01. The van der Waals surface area contributed by atoms with Crippen molar-refractivity contribution in [2.24, 2.45) is 11.8 Å². The minimum atomic E-state index is 0.102. The van der Waals surface area contributed by atoms with Crippen LogP contribution in [0.1, 0.15) is 44.6 Å². The number of pyridine rings is 1. The summed E-state index contributed by atoms with van der Waals surface area (Å²) in [6.45, 7) is 4.04. The first kappa shape index (κ1) is 13.1. The fraction of sp³-hybridized carbons (Fsp3) is 0.600. The first-order valence-corrected chi connectivity index (χ1v) is 6.90. The van der Waals surface area contributed by atoms with E-state index in [1.807, 2.05) is 13.0 Å². The van der Waals surface area contributed by atoms with Gasteiger partial charge in [-0.3, -0.25) is 9.78 Å². The Morgan fingerprint density at radius 3 is 2.78 bits per heavy atom. The highest BCUT2D eigenvalue weighted by Gasteiger charge is 2.25. The van der Waals surface area contributed by atoms with Gasteiger partial charge in [-0.1, -0.05) is 26.2 Å². The van der Waals surface area contributed by atoms with Gasteiger partial charge in [0.15, 0.2) is 0 Å². The van der Waals surface area contributed by atoms with E-state index in [1.54, 1.807) is 12.4 Å². The van der Waals surface area contributed by atoms with Gasteiger partial charge in [-0.15, -0.1) is 0 Å². The Kier molecular flexibility index (Phi) is 4.34. The third kappa shape index (κ3) is 3.09. The maximum atomic E-state index is 12.2. The minimum absolute atomic E-state index is 0.102. The Morgan fingerprint density at radius 1 is 1.39 bits per heavy atom. The van der Waals surface area contributed by atoms with E-state index in [4.69, 9.17) is 0 Å². The molecular weight excluding hydrogens is 224 g/mol. The van der Waals surface area contributed by atoms with Gasteiger partial charge < -0.3 is 5.32 Å². The Hall–Kier alpha value is -1.38. The average Bonchev–Trinajstić information content (AvgIpc) is 2.41. The van der Waals surface area contributed by atoms with Gasteiger partial charge in [0.05, 0.1) is 11.9 Å². The number of hydrogen-bond donors (Lipinski definition) is 1. The summed E-state index contributed by atoms with van der Waals surface area (Å²) in [4.78, 5) is 16.3. The molecule has 1 amide bonds. The van der Waals surface area contributed by atoms with Crippen LogP contribution in [0.2, 0.25) is 0 Å². The van der Waals surface area contributed by atoms with Crippen molar-refractivity contribution < 1.29 is 4.79 Å². The van der Waals surface area contributed by atoms with E-state index in [0.29, 0.717) is 5.92 Å². The van der Waals surface area contributed by atoms with Crippen molar-refractivity contribution in [3.63, 3.8) is 0 Å². The SMILES string of the molecule is Cc1ccncc1NC(=O)C(C)C1CCCCC1. The zero-order chi connectivity index (χ0) is 13.0. The minimum Gasteiger partial charge on any atom is -0.324 e. The van der Waals surface area contributed by atoms with Crippen LogP contribution < -0.4 is 5.32 Å². The Balaban J connectivity index is 1.97. The molecule has 1 aromatic heterocycles. The highest BCUT2D eigenvalue weighted by molar-refractivity contribution is 5.93. The molecule has 3 nitrogen and oxygen atoms in total. The molecule has 0 aromatic carbocycles. The number of nitrogens with one attached hydrogen (secondary N) is 1. The number of carbonyl (C=O) groups is 1. The molecule has 0 aliphatic heterocycles. The van der Waals surface area contributed by atoms with Crippen LogP contribution in [-0.4, -0.2) is 10.9 Å². The lowest BCUT2D eigenvalue weighted by Crippen LogP contribution is -2.28. The second-order valence-corrected chi connectivity index (χ2v) is 5.37. The first-order chi connectivity index (χ1) is 8.68. The van der Waals surface area contributed by atoms with Crippen LogP contribution in [-0.2, 0) is 4.79 Å². The standard InChI is InChI=1S/C15H22N2O/c1-11-8-9-16-10-14(11)17-15(18)12(2)13-6-4-3-5-7-13/h8-10,12-13H,3-7H2,1-2H3,(H,17,18). The number of nitrogens with zero attached hydrogens (tertiary/aromatic N) is 1. The average molecular weight is 246 g/mol. The summed E-state index contributed by atoms with van der Waals surface area (Å²) in [5.41, 5.74) is 1.90. The van der Waals surface area contributed by atoms with Crippen molar-refractivity contribution in [3.05, 3.63) is 24.0 Å². The fourth-order valence-electron chi connectivity index (χ4n) is 2.69. The highest BCUT2D eigenvalue weighted by Crippen LogP contribution is 2.30. The van der Waals surface area contributed by atoms with Crippen molar-refractivity contribution in [3.8, 4) is 0 Å². The van der Waals surface area contributed by atoms with E-state index in [2.05, 4.69) is 17.2 Å². The smallest absolute Gasteiger partial charge is 0.227 e. The van der Waals surface area contributed by atoms with E-state index in [1.165, 1.54) is 32.1 Å². The largest absolute Gasteiger partial charge is 0.324 e. The molecule has 1 heterocycles. The van der Waals surface area contributed by atoms with Gasteiger partial charge >= 0.3 is 0 Å². The van der Waals surface area contributed by atoms with Crippen LogP contribution in [0.15, 0.2) is 18.5 Å². The lowest BCUT2D eigenvalue weighted by Gasteiger charge is -2.26. The predicted molar refractivity (Wildman–Crippen MR) is 73.3 cm³/mol. The summed E-state index contributed by atoms with van der Waals surface area (Å²) in [5.74, 6) is 0.790. The number of aromatic nitrogens is 1. The van der Waals surface area contributed by atoms with Gasteiger partial charge in [0.2, 0.25) is 5.91 Å². The molecular formula is C15H22N2O. The molecule has 98 valence electrons. The van der Waals surface area contributed by atoms with Crippen LogP contribution in [0.3, 0.4) is 0 Å². The lowest BCUT2D eigenvalue weighted by molar-refractivity contribution is -0.121. The zero-order valence-electron chi connectivity index (χ0n) is 11.3. The second kappa shape index (κ2) is 5.98. The normalized spacial score (nSPS) is 18.3. The van der Waals surface area contributed by atoms with Crippen molar-refractivity contribution in [2.45, 2.75) is 46.0 Å². The first-order valence-electron chi connectivity index (χ1n) is 6.90. The van der Waals surface area contributed by atoms with Gasteiger partial charge in [0.25, 0.3) is 0 Å². The molecule has 1 aliphatic rings. The highest BCUT2D eigenvalue weighted by atomic mass is 16.1. The molecule has 1 atom stereocenters. The van der Waals surface area contributed by atoms with Crippen LogP contribution in [0, 0.1) is 18.8 Å². The molecule has 0 bridgehead atoms. The van der Waals surface area contributed by atoms with Gasteiger partial charge in [-0.05, 0) is 37.3 Å². The van der Waals surface area contributed by atoms with Crippen molar-refractivity contribution >= 4 is 11.6 Å².